The van der Waals surface area contributed by atoms with Gasteiger partial charge in [0.2, 0.25) is 10.0 Å². The summed E-state index contributed by atoms with van der Waals surface area (Å²) in [6.07, 6.45) is 2.34. The van der Waals surface area contributed by atoms with Gasteiger partial charge in [0.05, 0.1) is 7.11 Å². The molecule has 9 heteroatoms. The number of halogens is 1. The number of hydrogen-bond acceptors (Lipinski definition) is 5. The van der Waals surface area contributed by atoms with Gasteiger partial charge in [0.15, 0.2) is 6.10 Å². The Labute approximate surface area is 188 Å². The Hall–Kier alpha value is -2.29. The third-order valence-electron chi connectivity index (χ3n) is 5.10. The molecule has 1 amide bonds. The summed E-state index contributed by atoms with van der Waals surface area (Å²) in [5.74, 6) is 0.345. The normalized spacial score (nSPS) is 15.8. The zero-order valence-electron chi connectivity index (χ0n) is 17.6. The van der Waals surface area contributed by atoms with Gasteiger partial charge in [-0.25, -0.2) is 8.42 Å². The Morgan fingerprint density at radius 1 is 1.16 bits per heavy atom. The average molecular weight is 467 g/mol. The lowest BCUT2D eigenvalue weighted by Gasteiger charge is -2.26. The van der Waals surface area contributed by atoms with Crippen molar-refractivity contribution < 1.29 is 22.7 Å². The van der Waals surface area contributed by atoms with Gasteiger partial charge in [0, 0.05) is 23.8 Å². The van der Waals surface area contributed by atoms with Crippen LogP contribution in [0.4, 0.5) is 5.69 Å². The van der Waals surface area contributed by atoms with Crippen molar-refractivity contribution in [1.82, 2.24) is 4.31 Å². The van der Waals surface area contributed by atoms with Crippen molar-refractivity contribution in [3.63, 3.8) is 0 Å². The van der Waals surface area contributed by atoms with Crippen molar-refractivity contribution in [1.29, 1.82) is 0 Å². The lowest BCUT2D eigenvalue weighted by atomic mass is 10.2. The lowest BCUT2D eigenvalue weighted by molar-refractivity contribution is -0.122. The maximum Gasteiger partial charge on any atom is 0.265 e. The van der Waals surface area contributed by atoms with Crippen LogP contribution in [-0.4, -0.2) is 44.9 Å². The summed E-state index contributed by atoms with van der Waals surface area (Å²) in [6, 6.07) is 11.4. The maximum atomic E-state index is 13.2. The molecule has 1 fully saturated rings. The van der Waals surface area contributed by atoms with Crippen molar-refractivity contribution in [2.75, 3.05) is 25.5 Å². The molecule has 7 nitrogen and oxygen atoms in total. The van der Waals surface area contributed by atoms with E-state index in [-0.39, 0.29) is 16.6 Å². The molecule has 1 saturated heterocycles. The fraction of sp³-hybridized carbons (Fsp3) is 0.409. The number of piperidine rings is 1. The van der Waals surface area contributed by atoms with E-state index in [2.05, 4.69) is 5.32 Å². The number of nitrogens with one attached hydrogen (secondary N) is 1. The zero-order valence-corrected chi connectivity index (χ0v) is 19.2. The Morgan fingerprint density at radius 3 is 2.55 bits per heavy atom. The quantitative estimate of drug-likeness (QED) is 0.626. The molecule has 1 aliphatic rings. The smallest absolute Gasteiger partial charge is 0.265 e. The van der Waals surface area contributed by atoms with E-state index in [9.17, 15) is 13.2 Å². The summed E-state index contributed by atoms with van der Waals surface area (Å²) in [4.78, 5) is 12.8. The van der Waals surface area contributed by atoms with E-state index in [4.69, 9.17) is 21.1 Å². The summed E-state index contributed by atoms with van der Waals surface area (Å²) < 4.78 is 38.9. The fourth-order valence-corrected chi connectivity index (χ4v) is 5.33. The molecule has 0 radical (unpaired) electrons. The van der Waals surface area contributed by atoms with Crippen molar-refractivity contribution in [3.8, 4) is 11.5 Å². The molecule has 168 valence electrons. The third kappa shape index (κ3) is 5.70. The van der Waals surface area contributed by atoms with Gasteiger partial charge in [0.25, 0.3) is 5.91 Å². The number of carbonyl (C=O) groups excluding carboxylic acids is 1. The van der Waals surface area contributed by atoms with Gasteiger partial charge in [-0.3, -0.25) is 4.79 Å². The van der Waals surface area contributed by atoms with E-state index in [1.807, 2.05) is 6.92 Å². The highest BCUT2D eigenvalue weighted by Gasteiger charge is 2.29. The van der Waals surface area contributed by atoms with Crippen molar-refractivity contribution in [2.45, 2.75) is 43.6 Å². The van der Waals surface area contributed by atoms with Crippen molar-refractivity contribution in [3.05, 3.63) is 47.5 Å². The van der Waals surface area contributed by atoms with Crippen LogP contribution in [0.25, 0.3) is 0 Å². The lowest BCUT2D eigenvalue weighted by Crippen LogP contribution is -2.36. The van der Waals surface area contributed by atoms with Crippen LogP contribution in [0, 0.1) is 0 Å². The van der Waals surface area contributed by atoms with Crippen LogP contribution in [0.1, 0.15) is 32.6 Å². The minimum Gasteiger partial charge on any atom is -0.495 e. The van der Waals surface area contributed by atoms with Crippen LogP contribution >= 0.6 is 11.6 Å². The molecule has 2 aromatic carbocycles. The van der Waals surface area contributed by atoms with Crippen LogP contribution in [0.15, 0.2) is 47.4 Å². The van der Waals surface area contributed by atoms with E-state index >= 15 is 0 Å². The highest BCUT2D eigenvalue weighted by atomic mass is 35.5. The molecular weight excluding hydrogens is 440 g/mol. The van der Waals surface area contributed by atoms with E-state index < -0.39 is 16.1 Å². The predicted molar refractivity (Wildman–Crippen MR) is 120 cm³/mol. The number of ether oxygens (including phenoxy) is 2. The first kappa shape index (κ1) is 23.4. The topological polar surface area (TPSA) is 84.9 Å². The summed E-state index contributed by atoms with van der Waals surface area (Å²) >= 11 is 5.98. The Bertz CT molecular complexity index is 1020. The first-order valence-corrected chi connectivity index (χ1v) is 12.1. The number of hydrogen-bond donors (Lipinski definition) is 1. The number of carbonyl (C=O) groups is 1. The van der Waals surface area contributed by atoms with Gasteiger partial charge < -0.3 is 14.8 Å². The third-order valence-corrected chi connectivity index (χ3v) is 7.26. The number of methoxy groups -OCH3 is 1. The Kier molecular flexibility index (Phi) is 7.80. The van der Waals surface area contributed by atoms with Crippen LogP contribution in [0.2, 0.25) is 5.02 Å². The molecule has 0 bridgehead atoms. The predicted octanol–water partition coefficient (Wildman–Crippen LogP) is 4.32. The molecule has 31 heavy (non-hydrogen) atoms. The highest BCUT2D eigenvalue weighted by molar-refractivity contribution is 7.89. The van der Waals surface area contributed by atoms with Gasteiger partial charge in [0.1, 0.15) is 16.4 Å². The molecule has 0 unspecified atom stereocenters. The summed E-state index contributed by atoms with van der Waals surface area (Å²) in [5, 5.41) is 3.27. The number of nitrogens with zero attached hydrogens (tertiary/aromatic N) is 1. The van der Waals surface area contributed by atoms with Gasteiger partial charge in [-0.05, 0) is 55.7 Å². The van der Waals surface area contributed by atoms with E-state index in [1.54, 1.807) is 36.4 Å². The number of sulfonamides is 1. The molecule has 2 aromatic rings. The number of benzene rings is 2. The molecule has 1 aliphatic heterocycles. The van der Waals surface area contributed by atoms with Gasteiger partial charge in [-0.1, -0.05) is 31.0 Å². The Balaban J connectivity index is 1.80. The van der Waals surface area contributed by atoms with Gasteiger partial charge in [-0.2, -0.15) is 4.31 Å². The molecule has 0 spiro atoms. The first-order chi connectivity index (χ1) is 14.8. The molecule has 0 aliphatic carbocycles. The van der Waals surface area contributed by atoms with Crippen LogP contribution in [0.3, 0.4) is 0 Å². The maximum absolute atomic E-state index is 13.2. The molecule has 1 atom stereocenters. The minimum atomic E-state index is -3.73. The number of rotatable bonds is 8. The van der Waals surface area contributed by atoms with Gasteiger partial charge in [-0.15, -0.1) is 0 Å². The van der Waals surface area contributed by atoms with Crippen LogP contribution in [0.5, 0.6) is 11.5 Å². The zero-order chi connectivity index (χ0) is 22.4. The molecule has 3 rings (SSSR count). The summed E-state index contributed by atoms with van der Waals surface area (Å²) in [7, 11) is -2.31. The molecule has 1 N–H and O–H groups in total. The monoisotopic (exact) mass is 466 g/mol. The average Bonchev–Trinajstić information content (AvgIpc) is 2.78. The SMILES string of the molecule is CC[C@@H](Oc1cccc(Cl)c1)C(=O)Nc1ccc(OC)c(S(=O)(=O)N2CCCCC2)c1. The summed E-state index contributed by atoms with van der Waals surface area (Å²) in [5.41, 5.74) is 0.356. The van der Waals surface area contributed by atoms with Crippen molar-refractivity contribution >= 4 is 33.2 Å². The second-order valence-corrected chi connectivity index (χ2v) is 9.63. The van der Waals surface area contributed by atoms with Gasteiger partial charge >= 0.3 is 0 Å². The van der Waals surface area contributed by atoms with E-state index in [1.165, 1.54) is 17.5 Å². The Morgan fingerprint density at radius 2 is 1.90 bits per heavy atom. The van der Waals surface area contributed by atoms with E-state index in [0.717, 1.165) is 19.3 Å². The number of amides is 1. The molecular formula is C22H27ClN2O5S. The van der Waals surface area contributed by atoms with Crippen molar-refractivity contribution in [2.24, 2.45) is 0 Å². The molecule has 0 saturated carbocycles. The first-order valence-electron chi connectivity index (χ1n) is 10.3. The molecule has 1 heterocycles. The van der Waals surface area contributed by atoms with Crippen LogP contribution in [-0.2, 0) is 14.8 Å². The minimum absolute atomic E-state index is 0.0403. The van der Waals surface area contributed by atoms with Crippen LogP contribution < -0.4 is 14.8 Å². The number of anilines is 1. The molecule has 0 aromatic heterocycles. The second kappa shape index (κ2) is 10.3. The van der Waals surface area contributed by atoms with E-state index in [0.29, 0.717) is 36.0 Å². The largest absolute Gasteiger partial charge is 0.495 e. The standard InChI is InChI=1S/C22H27ClN2O5S/c1-3-19(30-18-9-7-8-16(23)14-18)22(26)24-17-10-11-20(29-2)21(15-17)31(27,28)25-12-5-4-6-13-25/h7-11,14-15,19H,3-6,12-13H2,1-2H3,(H,24,26)/t19-/m1/s1. The summed E-state index contributed by atoms with van der Waals surface area (Å²) in [6.45, 7) is 2.79. The highest BCUT2D eigenvalue weighted by Crippen LogP contribution is 2.31. The fourth-order valence-electron chi connectivity index (χ4n) is 3.45. The second-order valence-electron chi connectivity index (χ2n) is 7.29.